The van der Waals surface area contributed by atoms with Crippen molar-refractivity contribution in [2.75, 3.05) is 13.2 Å². The van der Waals surface area contributed by atoms with Gasteiger partial charge in [-0.3, -0.25) is 0 Å². The molecule has 0 atom stereocenters. The summed E-state index contributed by atoms with van der Waals surface area (Å²) < 4.78 is 12.3. The third-order valence-electron chi connectivity index (χ3n) is 6.25. The highest BCUT2D eigenvalue weighted by Crippen LogP contribution is 2.33. The van der Waals surface area contributed by atoms with Crippen molar-refractivity contribution in [1.82, 2.24) is 0 Å². The van der Waals surface area contributed by atoms with Gasteiger partial charge in [0.2, 0.25) is 6.71 Å². The molecular formula is C28H33BO2. The van der Waals surface area contributed by atoms with Crippen LogP contribution in [0.1, 0.15) is 50.7 Å². The average Bonchev–Trinajstić information content (AvgIpc) is 3.06. The van der Waals surface area contributed by atoms with E-state index in [4.69, 9.17) is 9.47 Å². The number of rotatable bonds is 9. The van der Waals surface area contributed by atoms with E-state index in [0.717, 1.165) is 50.4 Å². The van der Waals surface area contributed by atoms with Gasteiger partial charge in [0, 0.05) is 0 Å². The largest absolute Gasteiger partial charge is 0.493 e. The summed E-state index contributed by atoms with van der Waals surface area (Å²) in [4.78, 5) is 0. The van der Waals surface area contributed by atoms with E-state index in [1.807, 2.05) is 0 Å². The molecule has 1 heterocycles. The molecule has 0 N–H and O–H groups in total. The van der Waals surface area contributed by atoms with E-state index in [-0.39, 0.29) is 6.71 Å². The minimum Gasteiger partial charge on any atom is -0.493 e. The number of benzene rings is 3. The number of aryl methyl sites for hydroxylation is 2. The van der Waals surface area contributed by atoms with Gasteiger partial charge in [0.25, 0.3) is 0 Å². The Balaban J connectivity index is 1.82. The SMILES string of the molecule is CCCCOc1cc2c(cc1C)B(c1ccccc1)c1cc(C)c(OCCCC)cc1-2. The Hall–Kier alpha value is -2.68. The zero-order valence-corrected chi connectivity index (χ0v) is 19.3. The van der Waals surface area contributed by atoms with Crippen LogP contribution in [-0.2, 0) is 0 Å². The van der Waals surface area contributed by atoms with Gasteiger partial charge in [0.15, 0.2) is 0 Å². The summed E-state index contributed by atoms with van der Waals surface area (Å²) in [6.45, 7) is 10.5. The van der Waals surface area contributed by atoms with Crippen molar-refractivity contribution in [3.8, 4) is 22.6 Å². The maximum atomic E-state index is 6.16. The summed E-state index contributed by atoms with van der Waals surface area (Å²) in [6.07, 6.45) is 4.43. The summed E-state index contributed by atoms with van der Waals surface area (Å²) in [6, 6.07) is 20.0. The molecule has 0 fully saturated rings. The van der Waals surface area contributed by atoms with Crippen molar-refractivity contribution < 1.29 is 9.47 Å². The summed E-state index contributed by atoms with van der Waals surface area (Å²) in [5.74, 6) is 2.00. The average molecular weight is 412 g/mol. The summed E-state index contributed by atoms with van der Waals surface area (Å²) in [5, 5.41) is 0. The smallest absolute Gasteiger partial charge is 0.242 e. The van der Waals surface area contributed by atoms with Crippen molar-refractivity contribution in [1.29, 1.82) is 0 Å². The van der Waals surface area contributed by atoms with Gasteiger partial charge in [-0.15, -0.1) is 0 Å². The Morgan fingerprint density at radius 3 is 1.61 bits per heavy atom. The molecule has 1 aliphatic rings. The number of hydrogen-bond acceptors (Lipinski definition) is 2. The maximum Gasteiger partial charge on any atom is 0.242 e. The molecule has 0 aliphatic carbocycles. The lowest BCUT2D eigenvalue weighted by molar-refractivity contribution is 0.307. The molecule has 1 aliphatic heterocycles. The van der Waals surface area contributed by atoms with E-state index in [1.54, 1.807) is 0 Å². The third-order valence-corrected chi connectivity index (χ3v) is 6.25. The molecule has 0 spiro atoms. The minimum atomic E-state index is 0.248. The van der Waals surface area contributed by atoms with Crippen LogP contribution in [0.3, 0.4) is 0 Å². The first-order valence-corrected chi connectivity index (χ1v) is 11.7. The lowest BCUT2D eigenvalue weighted by atomic mass is 9.39. The summed E-state index contributed by atoms with van der Waals surface area (Å²) >= 11 is 0. The van der Waals surface area contributed by atoms with E-state index < -0.39 is 0 Å². The Labute approximate surface area is 187 Å². The standard InChI is InChI=1S/C28H33BO2/c1-5-7-14-30-27-18-23-24-19-28(31-15-8-6-2)21(4)17-26(24)29(25(23)16-20(27)3)22-12-10-9-11-13-22/h9-13,16-19H,5-8,14-15H2,1-4H3. The molecule has 0 saturated heterocycles. The molecule has 3 aromatic rings. The van der Waals surface area contributed by atoms with Crippen LogP contribution in [-0.4, -0.2) is 19.9 Å². The first kappa shape index (κ1) is 21.6. The van der Waals surface area contributed by atoms with Crippen LogP contribution in [0.25, 0.3) is 11.1 Å². The van der Waals surface area contributed by atoms with Crippen LogP contribution in [0.2, 0.25) is 0 Å². The van der Waals surface area contributed by atoms with Gasteiger partial charge in [-0.1, -0.05) is 85.5 Å². The van der Waals surface area contributed by atoms with Crippen LogP contribution in [0.4, 0.5) is 0 Å². The first-order valence-electron chi connectivity index (χ1n) is 11.7. The predicted octanol–water partition coefficient (Wildman–Crippen LogP) is 5.16. The van der Waals surface area contributed by atoms with E-state index in [1.165, 1.54) is 38.6 Å². The molecular weight excluding hydrogens is 379 g/mol. The monoisotopic (exact) mass is 412 g/mol. The van der Waals surface area contributed by atoms with E-state index in [2.05, 4.69) is 82.3 Å². The molecule has 2 nitrogen and oxygen atoms in total. The maximum absolute atomic E-state index is 6.16. The van der Waals surface area contributed by atoms with Crippen LogP contribution >= 0.6 is 0 Å². The quantitative estimate of drug-likeness (QED) is 0.279. The first-order chi connectivity index (χ1) is 15.1. The summed E-state index contributed by atoms with van der Waals surface area (Å²) in [7, 11) is 0. The fourth-order valence-electron chi connectivity index (χ4n) is 4.50. The van der Waals surface area contributed by atoms with Crippen LogP contribution in [0.5, 0.6) is 11.5 Å². The predicted molar refractivity (Wildman–Crippen MR) is 133 cm³/mol. The van der Waals surface area contributed by atoms with Gasteiger partial charge in [0.1, 0.15) is 11.5 Å². The van der Waals surface area contributed by atoms with Gasteiger partial charge >= 0.3 is 0 Å². The number of fused-ring (bicyclic) bond motifs is 3. The van der Waals surface area contributed by atoms with Gasteiger partial charge in [-0.05, 0) is 61.1 Å². The molecule has 3 aromatic carbocycles. The number of unbranched alkanes of at least 4 members (excludes halogenated alkanes) is 2. The minimum absolute atomic E-state index is 0.248. The Morgan fingerprint density at radius 1 is 0.677 bits per heavy atom. The van der Waals surface area contributed by atoms with E-state index >= 15 is 0 Å². The second kappa shape index (κ2) is 9.64. The van der Waals surface area contributed by atoms with Gasteiger partial charge < -0.3 is 9.47 Å². The topological polar surface area (TPSA) is 18.5 Å². The molecule has 0 unspecified atom stereocenters. The second-order valence-corrected chi connectivity index (χ2v) is 8.66. The highest BCUT2D eigenvalue weighted by molar-refractivity contribution is 6.99. The Bertz CT molecular complexity index is 977. The van der Waals surface area contributed by atoms with Gasteiger partial charge in [0.05, 0.1) is 13.2 Å². The van der Waals surface area contributed by atoms with Crippen LogP contribution in [0, 0.1) is 13.8 Å². The molecule has 0 bridgehead atoms. The molecule has 0 radical (unpaired) electrons. The van der Waals surface area contributed by atoms with Gasteiger partial charge in [-0.25, -0.2) is 0 Å². The fourth-order valence-corrected chi connectivity index (χ4v) is 4.50. The fraction of sp³-hybridized carbons (Fsp3) is 0.357. The lowest BCUT2D eigenvalue weighted by Gasteiger charge is -2.14. The zero-order valence-electron chi connectivity index (χ0n) is 19.3. The molecule has 0 amide bonds. The van der Waals surface area contributed by atoms with Crippen molar-refractivity contribution >= 4 is 23.1 Å². The van der Waals surface area contributed by atoms with Crippen molar-refractivity contribution in [2.24, 2.45) is 0 Å². The van der Waals surface area contributed by atoms with Crippen LogP contribution in [0.15, 0.2) is 54.6 Å². The van der Waals surface area contributed by atoms with Crippen LogP contribution < -0.4 is 25.9 Å². The number of ether oxygens (including phenoxy) is 2. The highest BCUT2D eigenvalue weighted by Gasteiger charge is 2.35. The second-order valence-electron chi connectivity index (χ2n) is 8.66. The summed E-state index contributed by atoms with van der Waals surface area (Å²) in [5.41, 5.74) is 9.04. The molecule has 3 heteroatoms. The van der Waals surface area contributed by atoms with E-state index in [0.29, 0.717) is 0 Å². The number of hydrogen-bond donors (Lipinski definition) is 0. The normalized spacial score (nSPS) is 11.9. The zero-order chi connectivity index (χ0) is 21.8. The van der Waals surface area contributed by atoms with Crippen molar-refractivity contribution in [3.05, 3.63) is 65.7 Å². The highest BCUT2D eigenvalue weighted by atomic mass is 16.5. The molecule has 160 valence electrons. The molecule has 31 heavy (non-hydrogen) atoms. The molecule has 0 saturated carbocycles. The third kappa shape index (κ3) is 4.37. The molecule has 4 rings (SSSR count). The van der Waals surface area contributed by atoms with Crippen molar-refractivity contribution in [2.45, 2.75) is 53.4 Å². The molecule has 0 aromatic heterocycles. The van der Waals surface area contributed by atoms with E-state index in [9.17, 15) is 0 Å². The Kier molecular flexibility index (Phi) is 6.70. The van der Waals surface area contributed by atoms with Gasteiger partial charge in [-0.2, -0.15) is 0 Å². The van der Waals surface area contributed by atoms with Crippen molar-refractivity contribution in [3.63, 3.8) is 0 Å². The Morgan fingerprint density at radius 2 is 1.16 bits per heavy atom. The lowest BCUT2D eigenvalue weighted by Crippen LogP contribution is -2.49.